The van der Waals surface area contributed by atoms with Crippen molar-refractivity contribution in [2.75, 3.05) is 6.61 Å². The molecule has 0 radical (unpaired) electrons. The van der Waals surface area contributed by atoms with Gasteiger partial charge in [0.25, 0.3) is 0 Å². The van der Waals surface area contributed by atoms with Crippen molar-refractivity contribution in [2.45, 2.75) is 19.3 Å². The van der Waals surface area contributed by atoms with E-state index in [-0.39, 0.29) is 12.5 Å². The number of nitrogens with zero attached hydrogens (tertiary/aromatic N) is 3. The molecule has 1 atom stereocenters. The van der Waals surface area contributed by atoms with E-state index in [1.54, 1.807) is 6.07 Å². The van der Waals surface area contributed by atoms with E-state index >= 15 is 0 Å². The van der Waals surface area contributed by atoms with Crippen LogP contribution in [0.4, 0.5) is 5.69 Å². The summed E-state index contributed by atoms with van der Waals surface area (Å²) in [6, 6.07) is 13.0. The second kappa shape index (κ2) is 7.47. The fourth-order valence-electron chi connectivity index (χ4n) is 2.61. The van der Waals surface area contributed by atoms with Crippen LogP contribution >= 0.6 is 11.6 Å². The molecule has 1 heterocycles. The van der Waals surface area contributed by atoms with Crippen LogP contribution in [0.25, 0.3) is 16.3 Å². The van der Waals surface area contributed by atoms with Gasteiger partial charge < -0.3 is 9.52 Å². The quantitative estimate of drug-likeness (QED) is 0.682. The zero-order valence-corrected chi connectivity index (χ0v) is 14.4. The van der Waals surface area contributed by atoms with Gasteiger partial charge in [-0.05, 0) is 36.6 Å². The lowest BCUT2D eigenvalue weighted by atomic mass is 9.96. The van der Waals surface area contributed by atoms with Crippen molar-refractivity contribution in [2.24, 2.45) is 0 Å². The zero-order valence-electron chi connectivity index (χ0n) is 13.6. The lowest BCUT2D eigenvalue weighted by molar-refractivity contribution is 0.244. The average molecular weight is 354 g/mol. The predicted octanol–water partition coefficient (Wildman–Crippen LogP) is 4.57. The molecule has 6 heteroatoms. The third-order valence-electron chi connectivity index (χ3n) is 4.10. The Bertz CT molecular complexity index is 916. The first-order valence-corrected chi connectivity index (χ1v) is 8.17. The molecule has 0 unspecified atom stereocenters. The molecule has 0 bridgehead atoms. The summed E-state index contributed by atoms with van der Waals surface area (Å²) in [6.45, 7) is 8.85. The molecule has 0 aliphatic heterocycles. The highest BCUT2D eigenvalue weighted by Gasteiger charge is 2.21. The SMILES string of the molecule is [C-]#[N+]c1ccc(C[C@H](CO)c2nnc(-c3ccccc3)o2)c(C)c1Cl. The van der Waals surface area contributed by atoms with Gasteiger partial charge in [0.1, 0.15) is 0 Å². The highest BCUT2D eigenvalue weighted by Crippen LogP contribution is 2.33. The van der Waals surface area contributed by atoms with Gasteiger partial charge in [-0.3, -0.25) is 0 Å². The molecule has 3 rings (SSSR count). The molecule has 25 heavy (non-hydrogen) atoms. The average Bonchev–Trinajstić information content (AvgIpc) is 3.14. The van der Waals surface area contributed by atoms with Gasteiger partial charge in [0.2, 0.25) is 17.5 Å². The summed E-state index contributed by atoms with van der Waals surface area (Å²) in [6.07, 6.45) is 0.497. The number of aliphatic hydroxyl groups is 1. The van der Waals surface area contributed by atoms with Crippen molar-refractivity contribution in [3.63, 3.8) is 0 Å². The van der Waals surface area contributed by atoms with Crippen LogP contribution in [0, 0.1) is 13.5 Å². The molecule has 2 aromatic carbocycles. The summed E-state index contributed by atoms with van der Waals surface area (Å²) in [4.78, 5) is 3.39. The molecule has 0 saturated carbocycles. The highest BCUT2D eigenvalue weighted by molar-refractivity contribution is 6.34. The van der Waals surface area contributed by atoms with Crippen LogP contribution < -0.4 is 0 Å². The fourth-order valence-corrected chi connectivity index (χ4v) is 2.84. The van der Waals surface area contributed by atoms with Gasteiger partial charge in [0.15, 0.2) is 0 Å². The number of benzene rings is 2. The molecular formula is C19H16ClN3O2. The van der Waals surface area contributed by atoms with Crippen LogP contribution in [0.15, 0.2) is 46.9 Å². The maximum atomic E-state index is 9.77. The molecule has 1 aromatic heterocycles. The molecule has 0 aliphatic carbocycles. The van der Waals surface area contributed by atoms with E-state index in [0.29, 0.717) is 28.9 Å². The molecule has 0 fully saturated rings. The first kappa shape index (κ1) is 17.2. The second-order valence-corrected chi connectivity index (χ2v) is 6.07. The normalized spacial score (nSPS) is 11.9. The minimum atomic E-state index is -0.335. The number of hydrogen-bond donors (Lipinski definition) is 1. The van der Waals surface area contributed by atoms with E-state index < -0.39 is 0 Å². The van der Waals surface area contributed by atoms with Crippen LogP contribution in [-0.2, 0) is 6.42 Å². The molecule has 1 N–H and O–H groups in total. The topological polar surface area (TPSA) is 63.5 Å². The number of hydrogen-bond acceptors (Lipinski definition) is 4. The van der Waals surface area contributed by atoms with Gasteiger partial charge in [0, 0.05) is 5.56 Å². The Hall–Kier alpha value is -2.68. The summed E-state index contributed by atoms with van der Waals surface area (Å²) in [5, 5.41) is 18.4. The van der Waals surface area contributed by atoms with E-state index in [1.165, 1.54) is 0 Å². The third kappa shape index (κ3) is 3.55. The number of aromatic nitrogens is 2. The lowest BCUT2D eigenvalue weighted by Crippen LogP contribution is -2.09. The monoisotopic (exact) mass is 353 g/mol. The molecule has 0 saturated heterocycles. The molecule has 126 valence electrons. The lowest BCUT2D eigenvalue weighted by Gasteiger charge is -2.13. The van der Waals surface area contributed by atoms with Crippen LogP contribution in [-0.4, -0.2) is 21.9 Å². The van der Waals surface area contributed by atoms with Gasteiger partial charge in [-0.15, -0.1) is 10.2 Å². The largest absolute Gasteiger partial charge is 0.420 e. The van der Waals surface area contributed by atoms with Crippen LogP contribution in [0.2, 0.25) is 5.02 Å². The van der Waals surface area contributed by atoms with E-state index in [9.17, 15) is 5.11 Å². The van der Waals surface area contributed by atoms with Gasteiger partial charge >= 0.3 is 0 Å². The number of halogens is 1. The van der Waals surface area contributed by atoms with E-state index in [2.05, 4.69) is 15.0 Å². The molecule has 0 aliphatic rings. The van der Waals surface area contributed by atoms with Crippen LogP contribution in [0.1, 0.15) is 22.9 Å². The van der Waals surface area contributed by atoms with E-state index in [4.69, 9.17) is 22.6 Å². The van der Waals surface area contributed by atoms with Gasteiger partial charge in [-0.2, -0.15) is 0 Å². The third-order valence-corrected chi connectivity index (χ3v) is 4.57. The summed E-state index contributed by atoms with van der Waals surface area (Å²) in [5.74, 6) is 0.469. The Kier molecular flexibility index (Phi) is 5.13. The zero-order chi connectivity index (χ0) is 17.8. The Balaban J connectivity index is 1.86. The second-order valence-electron chi connectivity index (χ2n) is 5.69. The van der Waals surface area contributed by atoms with Crippen molar-refractivity contribution in [3.8, 4) is 11.5 Å². The first-order valence-electron chi connectivity index (χ1n) is 7.79. The number of aliphatic hydroxyl groups excluding tert-OH is 1. The Morgan fingerprint density at radius 2 is 1.96 bits per heavy atom. The molecule has 5 nitrogen and oxygen atoms in total. The van der Waals surface area contributed by atoms with Crippen molar-refractivity contribution < 1.29 is 9.52 Å². The minimum absolute atomic E-state index is 0.127. The van der Waals surface area contributed by atoms with Crippen molar-refractivity contribution >= 4 is 17.3 Å². The van der Waals surface area contributed by atoms with Crippen LogP contribution in [0.3, 0.4) is 0 Å². The van der Waals surface area contributed by atoms with E-state index in [1.807, 2.05) is 43.3 Å². The van der Waals surface area contributed by atoms with Gasteiger partial charge in [0.05, 0.1) is 24.1 Å². The molecule has 0 spiro atoms. The summed E-state index contributed by atoms with van der Waals surface area (Å²) < 4.78 is 5.75. The fraction of sp³-hybridized carbons (Fsp3) is 0.211. The smallest absolute Gasteiger partial charge is 0.247 e. The van der Waals surface area contributed by atoms with Crippen molar-refractivity contribution in [1.82, 2.24) is 10.2 Å². The van der Waals surface area contributed by atoms with Gasteiger partial charge in [-0.25, -0.2) is 4.85 Å². The number of rotatable bonds is 5. The minimum Gasteiger partial charge on any atom is -0.420 e. The standard InChI is InChI=1S/C19H16ClN3O2/c1-12-14(8-9-16(21-2)17(12)20)10-15(11-24)19-23-22-18(25-19)13-6-4-3-5-7-13/h3-9,15,24H,10-11H2,1H3/t15-/m1/s1. The van der Waals surface area contributed by atoms with E-state index in [0.717, 1.165) is 16.7 Å². The summed E-state index contributed by atoms with van der Waals surface area (Å²) >= 11 is 6.23. The Morgan fingerprint density at radius 1 is 1.20 bits per heavy atom. The molecule has 0 amide bonds. The maximum absolute atomic E-state index is 9.77. The Morgan fingerprint density at radius 3 is 2.64 bits per heavy atom. The van der Waals surface area contributed by atoms with Crippen LogP contribution in [0.5, 0.6) is 0 Å². The summed E-state index contributed by atoms with van der Waals surface area (Å²) in [5.41, 5.74) is 3.03. The first-order chi connectivity index (χ1) is 12.1. The highest BCUT2D eigenvalue weighted by atomic mass is 35.5. The Labute approximate surface area is 150 Å². The maximum Gasteiger partial charge on any atom is 0.247 e. The van der Waals surface area contributed by atoms with Gasteiger partial charge in [-0.1, -0.05) is 41.9 Å². The van der Waals surface area contributed by atoms with Crippen molar-refractivity contribution in [3.05, 3.63) is 75.9 Å². The summed E-state index contributed by atoms with van der Waals surface area (Å²) in [7, 11) is 0. The molecular weight excluding hydrogens is 338 g/mol. The molecule has 3 aromatic rings. The van der Waals surface area contributed by atoms with Crippen molar-refractivity contribution in [1.29, 1.82) is 0 Å². The predicted molar refractivity (Wildman–Crippen MR) is 95.7 cm³/mol.